The van der Waals surface area contributed by atoms with Crippen molar-refractivity contribution in [3.8, 4) is 11.5 Å². The summed E-state index contributed by atoms with van der Waals surface area (Å²) in [5.41, 5.74) is 3.07. The van der Waals surface area contributed by atoms with Crippen LogP contribution in [-0.2, 0) is 14.8 Å². The molecule has 3 aromatic carbocycles. The molecular formula is C24H24N4O7S. The minimum Gasteiger partial charge on any atom is -0.497 e. The van der Waals surface area contributed by atoms with Crippen molar-refractivity contribution in [3.05, 3.63) is 88.0 Å². The Balaban J connectivity index is 1.91. The summed E-state index contributed by atoms with van der Waals surface area (Å²) in [6, 6.07) is 16.5. The van der Waals surface area contributed by atoms with Gasteiger partial charge in [0.2, 0.25) is 0 Å². The van der Waals surface area contributed by atoms with Gasteiger partial charge in [-0.05, 0) is 55.0 Å². The lowest BCUT2D eigenvalue weighted by atomic mass is 10.2. The number of nitro benzene ring substituents is 1. The van der Waals surface area contributed by atoms with Gasteiger partial charge in [-0.15, -0.1) is 0 Å². The van der Waals surface area contributed by atoms with Crippen LogP contribution in [0, 0.1) is 17.0 Å². The Kier molecular flexibility index (Phi) is 8.22. The maximum absolute atomic E-state index is 13.5. The molecule has 0 aliphatic carbocycles. The second kappa shape index (κ2) is 11.3. The molecule has 0 atom stereocenters. The predicted octanol–water partition coefficient (Wildman–Crippen LogP) is 3.27. The standard InChI is InChI=1S/C24H24N4O7S/c1-17-7-12-22(14-23(17)28(30)31)36(32,33)27(19-8-10-20(34-2)11-9-19)16-24(29)26-25-15-18-5-4-6-21(13-18)35-3/h4-15H,16H2,1-3H3,(H,26,29)/b25-15-. The van der Waals surface area contributed by atoms with Crippen LogP contribution in [0.5, 0.6) is 11.5 Å². The van der Waals surface area contributed by atoms with Crippen LogP contribution in [0.4, 0.5) is 11.4 Å². The van der Waals surface area contributed by atoms with Crippen LogP contribution < -0.4 is 19.2 Å². The van der Waals surface area contributed by atoms with E-state index in [4.69, 9.17) is 9.47 Å². The number of nitrogens with one attached hydrogen (secondary N) is 1. The van der Waals surface area contributed by atoms with Gasteiger partial charge in [-0.25, -0.2) is 13.8 Å². The SMILES string of the molecule is COc1ccc(N(CC(=O)N/N=C\c2cccc(OC)c2)S(=O)(=O)c2ccc(C)c([N+](=O)[O-])c2)cc1. The molecule has 3 rings (SSSR count). The van der Waals surface area contributed by atoms with Gasteiger partial charge < -0.3 is 9.47 Å². The van der Waals surface area contributed by atoms with Crippen LogP contribution in [0.15, 0.2) is 76.7 Å². The van der Waals surface area contributed by atoms with Crippen molar-refractivity contribution in [3.63, 3.8) is 0 Å². The number of ether oxygens (including phenoxy) is 2. The topological polar surface area (TPSA) is 140 Å². The zero-order valence-corrected chi connectivity index (χ0v) is 20.6. The Morgan fingerprint density at radius 3 is 2.39 bits per heavy atom. The number of methoxy groups -OCH3 is 2. The second-order valence-corrected chi connectivity index (χ2v) is 9.35. The van der Waals surface area contributed by atoms with Gasteiger partial charge in [-0.1, -0.05) is 18.2 Å². The number of hydrogen-bond acceptors (Lipinski definition) is 8. The first-order valence-electron chi connectivity index (χ1n) is 10.5. The van der Waals surface area contributed by atoms with Crippen LogP contribution in [-0.4, -0.2) is 46.2 Å². The quantitative estimate of drug-likeness (QED) is 0.250. The molecule has 1 N–H and O–H groups in total. The van der Waals surface area contributed by atoms with E-state index in [0.29, 0.717) is 22.6 Å². The van der Waals surface area contributed by atoms with Crippen molar-refractivity contribution in [2.45, 2.75) is 11.8 Å². The highest BCUT2D eigenvalue weighted by Gasteiger charge is 2.29. The average molecular weight is 513 g/mol. The summed E-state index contributed by atoms with van der Waals surface area (Å²) in [6.45, 7) is 0.870. The molecule has 0 saturated carbocycles. The lowest BCUT2D eigenvalue weighted by molar-refractivity contribution is -0.385. The molecule has 12 heteroatoms. The second-order valence-electron chi connectivity index (χ2n) is 7.48. The smallest absolute Gasteiger partial charge is 0.273 e. The van der Waals surface area contributed by atoms with Crippen LogP contribution in [0.2, 0.25) is 0 Å². The number of anilines is 1. The summed E-state index contributed by atoms with van der Waals surface area (Å²) in [5.74, 6) is 0.360. The Morgan fingerprint density at radius 1 is 1.06 bits per heavy atom. The number of sulfonamides is 1. The molecule has 36 heavy (non-hydrogen) atoms. The number of hydrazone groups is 1. The summed E-state index contributed by atoms with van der Waals surface area (Å²) in [5, 5.41) is 15.2. The van der Waals surface area contributed by atoms with Gasteiger partial charge in [-0.2, -0.15) is 5.10 Å². The van der Waals surface area contributed by atoms with Crippen LogP contribution >= 0.6 is 0 Å². The van der Waals surface area contributed by atoms with E-state index in [1.165, 1.54) is 63.8 Å². The third-order valence-electron chi connectivity index (χ3n) is 5.11. The minimum atomic E-state index is -4.37. The summed E-state index contributed by atoms with van der Waals surface area (Å²) in [6.07, 6.45) is 1.38. The molecule has 0 aromatic heterocycles. The molecule has 1 amide bonds. The highest BCUT2D eigenvalue weighted by molar-refractivity contribution is 7.92. The van der Waals surface area contributed by atoms with Gasteiger partial charge in [0.25, 0.3) is 21.6 Å². The van der Waals surface area contributed by atoms with E-state index in [1.54, 1.807) is 24.3 Å². The third-order valence-corrected chi connectivity index (χ3v) is 6.88. The molecule has 0 radical (unpaired) electrons. The summed E-state index contributed by atoms with van der Waals surface area (Å²) < 4.78 is 38.1. The molecule has 0 heterocycles. The van der Waals surface area contributed by atoms with Crippen molar-refractivity contribution in [1.82, 2.24) is 5.43 Å². The molecule has 0 spiro atoms. The third kappa shape index (κ3) is 6.16. The molecule has 0 aliphatic heterocycles. The Labute approximate surface area is 208 Å². The number of rotatable bonds is 10. The molecule has 0 bridgehead atoms. The van der Waals surface area contributed by atoms with Gasteiger partial charge in [-0.3, -0.25) is 19.2 Å². The summed E-state index contributed by atoms with van der Waals surface area (Å²) in [7, 11) is -1.39. The van der Waals surface area contributed by atoms with Gasteiger partial charge in [0.05, 0.1) is 35.9 Å². The van der Waals surface area contributed by atoms with E-state index in [1.807, 2.05) is 0 Å². The largest absolute Gasteiger partial charge is 0.497 e. The lowest BCUT2D eigenvalue weighted by Crippen LogP contribution is -2.39. The van der Waals surface area contributed by atoms with Gasteiger partial charge in [0.15, 0.2) is 0 Å². The van der Waals surface area contributed by atoms with Crippen molar-refractivity contribution >= 4 is 33.5 Å². The van der Waals surface area contributed by atoms with Crippen molar-refractivity contribution in [2.24, 2.45) is 5.10 Å². The van der Waals surface area contributed by atoms with E-state index in [9.17, 15) is 23.3 Å². The maximum Gasteiger partial charge on any atom is 0.273 e. The van der Waals surface area contributed by atoms with Gasteiger partial charge >= 0.3 is 0 Å². The van der Waals surface area contributed by atoms with Gasteiger partial charge in [0, 0.05) is 11.6 Å². The summed E-state index contributed by atoms with van der Waals surface area (Å²) in [4.78, 5) is 23.1. The molecule has 0 unspecified atom stereocenters. The molecular weight excluding hydrogens is 488 g/mol. The van der Waals surface area contributed by atoms with Crippen molar-refractivity contribution in [2.75, 3.05) is 25.1 Å². The molecule has 3 aromatic rings. The van der Waals surface area contributed by atoms with Crippen LogP contribution in [0.25, 0.3) is 0 Å². The Hall–Kier alpha value is -4.45. The zero-order valence-electron chi connectivity index (χ0n) is 19.7. The highest BCUT2D eigenvalue weighted by Crippen LogP contribution is 2.29. The normalized spacial score (nSPS) is 11.2. The fraction of sp³-hybridized carbons (Fsp3) is 0.167. The number of hydrogen-bond donors (Lipinski definition) is 1. The minimum absolute atomic E-state index is 0.158. The first kappa shape index (κ1) is 26.2. The van der Waals surface area contributed by atoms with E-state index in [-0.39, 0.29) is 16.3 Å². The molecule has 0 fully saturated rings. The zero-order chi connectivity index (χ0) is 26.3. The molecule has 188 valence electrons. The Bertz CT molecular complexity index is 1390. The first-order chi connectivity index (χ1) is 17.1. The van der Waals surface area contributed by atoms with Crippen molar-refractivity contribution < 1.29 is 27.6 Å². The number of nitro groups is 1. The fourth-order valence-corrected chi connectivity index (χ4v) is 4.65. The summed E-state index contributed by atoms with van der Waals surface area (Å²) >= 11 is 0. The number of aryl methyl sites for hydroxylation is 1. The van der Waals surface area contributed by atoms with Crippen LogP contribution in [0.1, 0.15) is 11.1 Å². The maximum atomic E-state index is 13.5. The van der Waals surface area contributed by atoms with E-state index < -0.39 is 27.4 Å². The van der Waals surface area contributed by atoms with Gasteiger partial charge in [0.1, 0.15) is 18.0 Å². The van der Waals surface area contributed by atoms with E-state index in [2.05, 4.69) is 10.5 Å². The number of nitrogens with zero attached hydrogens (tertiary/aromatic N) is 3. The number of benzene rings is 3. The van der Waals surface area contributed by atoms with E-state index in [0.717, 1.165) is 10.4 Å². The Morgan fingerprint density at radius 2 is 1.75 bits per heavy atom. The molecule has 0 saturated heterocycles. The number of amides is 1. The lowest BCUT2D eigenvalue weighted by Gasteiger charge is -2.24. The average Bonchev–Trinajstić information content (AvgIpc) is 2.87. The number of carbonyl (C=O) groups excluding carboxylic acids is 1. The monoisotopic (exact) mass is 512 g/mol. The van der Waals surface area contributed by atoms with Crippen molar-refractivity contribution in [1.29, 1.82) is 0 Å². The first-order valence-corrected chi connectivity index (χ1v) is 12.0. The van der Waals surface area contributed by atoms with E-state index >= 15 is 0 Å². The van der Waals surface area contributed by atoms with Crippen LogP contribution in [0.3, 0.4) is 0 Å². The number of carbonyl (C=O) groups is 1. The highest BCUT2D eigenvalue weighted by atomic mass is 32.2. The fourth-order valence-electron chi connectivity index (χ4n) is 3.20. The predicted molar refractivity (Wildman–Crippen MR) is 134 cm³/mol. The molecule has 0 aliphatic rings. The molecule has 11 nitrogen and oxygen atoms in total.